The van der Waals surface area contributed by atoms with Gasteiger partial charge in [0.05, 0.1) is 16.8 Å². The molecule has 38 heavy (non-hydrogen) atoms. The summed E-state index contributed by atoms with van der Waals surface area (Å²) in [6.45, 7) is 16.3. The van der Waals surface area contributed by atoms with Crippen molar-refractivity contribution in [3.8, 4) is 5.69 Å². The maximum Gasteiger partial charge on any atom is 0.292 e. The zero-order valence-corrected chi connectivity index (χ0v) is 24.9. The number of anilines is 1. The molecule has 0 aliphatic rings. The molecule has 8 heteroatoms. The summed E-state index contributed by atoms with van der Waals surface area (Å²) in [4.78, 5) is 13.4. The predicted molar refractivity (Wildman–Crippen MR) is 156 cm³/mol. The zero-order chi connectivity index (χ0) is 28.6. The van der Waals surface area contributed by atoms with E-state index >= 15 is 0 Å². The van der Waals surface area contributed by atoms with E-state index in [0.717, 1.165) is 16.5 Å². The molecule has 3 rings (SSSR count). The zero-order valence-electron chi connectivity index (χ0n) is 23.9. The standard InChI is InChI=1S/C30H42FN3O3Si/c1-18(2)38(19(3)4,20(5)6)37-28(35)14-13-24-25-15-21(17-32)26(33)16-27(25)34(29(24)30(7,8)36)23-11-9-22(31)10-12-23/h9-12,15-20,32,36H,13-14,33H2,1-8H3. The first kappa shape index (κ1) is 29.6. The van der Waals surface area contributed by atoms with E-state index in [4.69, 9.17) is 15.6 Å². The number of aliphatic hydroxyl groups is 1. The third-order valence-corrected chi connectivity index (χ3v) is 13.7. The molecule has 0 atom stereocenters. The Morgan fingerprint density at radius 1 is 1.11 bits per heavy atom. The monoisotopic (exact) mass is 539 g/mol. The lowest BCUT2D eigenvalue weighted by molar-refractivity contribution is -0.135. The molecule has 0 spiro atoms. The van der Waals surface area contributed by atoms with Crippen LogP contribution in [0, 0.1) is 11.2 Å². The van der Waals surface area contributed by atoms with Crippen molar-refractivity contribution in [2.24, 2.45) is 0 Å². The number of hydrogen-bond donors (Lipinski definition) is 3. The van der Waals surface area contributed by atoms with Crippen molar-refractivity contribution < 1.29 is 18.7 Å². The highest BCUT2D eigenvalue weighted by molar-refractivity contribution is 6.78. The summed E-state index contributed by atoms with van der Waals surface area (Å²) in [6, 6.07) is 9.63. The number of nitrogen functional groups attached to an aromatic ring is 1. The first-order valence-corrected chi connectivity index (χ1v) is 15.5. The van der Waals surface area contributed by atoms with Gasteiger partial charge in [-0.05, 0) is 78.9 Å². The molecule has 1 heterocycles. The number of hydrogen-bond acceptors (Lipinski definition) is 5. The minimum absolute atomic E-state index is 0.150. The molecule has 0 radical (unpaired) electrons. The lowest BCUT2D eigenvalue weighted by Crippen LogP contribution is -2.49. The van der Waals surface area contributed by atoms with Crippen LogP contribution in [0.3, 0.4) is 0 Å². The Labute approximate surface area is 226 Å². The van der Waals surface area contributed by atoms with Gasteiger partial charge in [-0.2, -0.15) is 0 Å². The van der Waals surface area contributed by atoms with Gasteiger partial charge in [0.25, 0.3) is 14.3 Å². The van der Waals surface area contributed by atoms with Crippen LogP contribution in [-0.2, 0) is 21.2 Å². The van der Waals surface area contributed by atoms with Crippen LogP contribution in [0.25, 0.3) is 16.6 Å². The fourth-order valence-electron chi connectivity index (χ4n) is 6.14. The fraction of sp³-hybridized carbons (Fsp3) is 0.467. The molecule has 6 nitrogen and oxygen atoms in total. The number of carbonyl (C=O) groups is 1. The number of carbonyl (C=O) groups excluding carboxylic acids is 1. The average Bonchev–Trinajstić information content (AvgIpc) is 3.13. The van der Waals surface area contributed by atoms with Crippen LogP contribution in [0.5, 0.6) is 0 Å². The number of nitrogens with two attached hydrogens (primary N) is 1. The molecule has 0 amide bonds. The van der Waals surface area contributed by atoms with Crippen molar-refractivity contribution in [3.63, 3.8) is 0 Å². The van der Waals surface area contributed by atoms with Gasteiger partial charge in [0.2, 0.25) is 0 Å². The minimum Gasteiger partial charge on any atom is -0.518 e. The van der Waals surface area contributed by atoms with E-state index < -0.39 is 13.9 Å². The van der Waals surface area contributed by atoms with Crippen molar-refractivity contribution >= 4 is 37.1 Å². The van der Waals surface area contributed by atoms with Crippen molar-refractivity contribution in [3.05, 3.63) is 59.0 Å². The van der Waals surface area contributed by atoms with E-state index in [2.05, 4.69) is 41.5 Å². The molecule has 0 aliphatic heterocycles. The predicted octanol–water partition coefficient (Wildman–Crippen LogP) is 7.23. The number of nitrogens with one attached hydrogen (secondary N) is 1. The van der Waals surface area contributed by atoms with Gasteiger partial charge in [0, 0.05) is 35.0 Å². The van der Waals surface area contributed by atoms with Gasteiger partial charge in [-0.25, -0.2) is 4.39 Å². The van der Waals surface area contributed by atoms with Crippen molar-refractivity contribution in [1.29, 1.82) is 5.41 Å². The number of halogens is 1. The second-order valence-corrected chi connectivity index (χ2v) is 17.0. The molecule has 0 saturated carbocycles. The maximum atomic E-state index is 13.8. The van der Waals surface area contributed by atoms with Crippen LogP contribution in [0.4, 0.5) is 10.1 Å². The van der Waals surface area contributed by atoms with Crippen LogP contribution in [0.2, 0.25) is 16.6 Å². The molecule has 4 N–H and O–H groups in total. The molecule has 0 aliphatic carbocycles. The van der Waals surface area contributed by atoms with Crippen LogP contribution in [0.15, 0.2) is 36.4 Å². The summed E-state index contributed by atoms with van der Waals surface area (Å²) < 4.78 is 22.0. The highest BCUT2D eigenvalue weighted by Crippen LogP contribution is 2.43. The number of benzene rings is 2. The summed E-state index contributed by atoms with van der Waals surface area (Å²) in [5.74, 6) is -0.600. The molecule has 1 aromatic heterocycles. The Bertz CT molecular complexity index is 1300. The minimum atomic E-state index is -2.39. The lowest BCUT2D eigenvalue weighted by Gasteiger charge is -2.41. The molecular weight excluding hydrogens is 497 g/mol. The Morgan fingerprint density at radius 3 is 2.13 bits per heavy atom. The lowest BCUT2D eigenvalue weighted by atomic mass is 9.95. The fourth-order valence-corrected chi connectivity index (χ4v) is 11.3. The number of aryl methyl sites for hydroxylation is 1. The summed E-state index contributed by atoms with van der Waals surface area (Å²) in [6.07, 6.45) is 1.68. The van der Waals surface area contributed by atoms with Gasteiger partial charge in [0.1, 0.15) is 5.82 Å². The molecule has 2 aromatic carbocycles. The van der Waals surface area contributed by atoms with E-state index in [1.54, 1.807) is 32.0 Å². The molecule has 0 saturated heterocycles. The van der Waals surface area contributed by atoms with Gasteiger partial charge in [-0.1, -0.05) is 41.5 Å². The topological polar surface area (TPSA) is 101 Å². The third kappa shape index (κ3) is 5.42. The SMILES string of the molecule is CC(C)[Si](OC(=O)CCc1c(C(C)(C)O)n(-c2ccc(F)cc2)c2cc(N)c(C=N)cc12)(C(C)C)C(C)C. The first-order valence-electron chi connectivity index (χ1n) is 13.3. The number of rotatable bonds is 10. The highest BCUT2D eigenvalue weighted by atomic mass is 28.4. The van der Waals surface area contributed by atoms with Gasteiger partial charge in [-0.3, -0.25) is 4.79 Å². The Hall–Kier alpha value is -2.97. The largest absolute Gasteiger partial charge is 0.518 e. The smallest absolute Gasteiger partial charge is 0.292 e. The highest BCUT2D eigenvalue weighted by Gasteiger charge is 2.48. The summed E-state index contributed by atoms with van der Waals surface area (Å²) in [5, 5.41) is 20.0. The van der Waals surface area contributed by atoms with Crippen molar-refractivity contribution in [1.82, 2.24) is 4.57 Å². The quantitative estimate of drug-likeness (QED) is 0.144. The second-order valence-electron chi connectivity index (χ2n) is 11.6. The van der Waals surface area contributed by atoms with Crippen LogP contribution in [0.1, 0.15) is 78.6 Å². The van der Waals surface area contributed by atoms with Gasteiger partial charge >= 0.3 is 0 Å². The first-order chi connectivity index (χ1) is 17.6. The van der Waals surface area contributed by atoms with E-state index in [0.29, 0.717) is 29.1 Å². The molecule has 206 valence electrons. The third-order valence-electron chi connectivity index (χ3n) is 7.67. The Morgan fingerprint density at radius 2 is 1.66 bits per heavy atom. The molecule has 0 unspecified atom stereocenters. The normalized spacial score (nSPS) is 12.7. The second kappa shape index (κ2) is 11.0. The van der Waals surface area contributed by atoms with Crippen LogP contribution >= 0.6 is 0 Å². The summed E-state index contributed by atoms with van der Waals surface area (Å²) >= 11 is 0. The van der Waals surface area contributed by atoms with Gasteiger partial charge in [-0.15, -0.1) is 0 Å². The van der Waals surface area contributed by atoms with Crippen molar-refractivity contribution in [2.45, 2.75) is 90.5 Å². The number of fused-ring (bicyclic) bond motifs is 1. The van der Waals surface area contributed by atoms with Crippen LogP contribution < -0.4 is 5.73 Å². The number of aromatic nitrogens is 1. The molecular formula is C30H42FN3O3Si. The maximum absolute atomic E-state index is 13.8. The number of nitrogens with zero attached hydrogens (tertiary/aromatic N) is 1. The van der Waals surface area contributed by atoms with Crippen LogP contribution in [-0.4, -0.2) is 30.2 Å². The van der Waals surface area contributed by atoms with E-state index in [1.165, 1.54) is 18.3 Å². The van der Waals surface area contributed by atoms with E-state index in [-0.39, 0.29) is 34.8 Å². The Balaban J connectivity index is 2.17. The summed E-state index contributed by atoms with van der Waals surface area (Å²) in [5.41, 5.74) is 9.51. The summed E-state index contributed by atoms with van der Waals surface area (Å²) in [7, 11) is -2.39. The van der Waals surface area contributed by atoms with E-state index in [9.17, 15) is 14.3 Å². The molecule has 0 fully saturated rings. The Kier molecular flexibility index (Phi) is 8.58. The van der Waals surface area contributed by atoms with E-state index in [1.807, 2.05) is 10.6 Å². The average molecular weight is 540 g/mol. The van der Waals surface area contributed by atoms with Crippen molar-refractivity contribution in [2.75, 3.05) is 5.73 Å². The van der Waals surface area contributed by atoms with Gasteiger partial charge < -0.3 is 25.2 Å². The molecule has 3 aromatic rings. The van der Waals surface area contributed by atoms with Gasteiger partial charge in [0.15, 0.2) is 0 Å². The molecule has 0 bridgehead atoms.